The van der Waals surface area contributed by atoms with E-state index in [0.717, 1.165) is 32.2 Å². The molecule has 1 N–H and O–H groups in total. The molecule has 0 saturated carbocycles. The van der Waals surface area contributed by atoms with Crippen LogP contribution in [0.1, 0.15) is 34.9 Å². The lowest BCUT2D eigenvalue weighted by Gasteiger charge is -2.10. The molecule has 6 heteroatoms. The minimum absolute atomic E-state index is 0.486. The minimum atomic E-state index is -0.547. The summed E-state index contributed by atoms with van der Waals surface area (Å²) in [5.74, 6) is 0. The van der Waals surface area contributed by atoms with Crippen LogP contribution in [0.3, 0.4) is 0 Å². The Bertz CT molecular complexity index is 574. The molecule has 0 bridgehead atoms. The molecule has 0 radical (unpaired) electrons. The van der Waals surface area contributed by atoms with E-state index in [-0.39, 0.29) is 0 Å². The molecule has 3 nitrogen and oxygen atoms in total. The van der Waals surface area contributed by atoms with Gasteiger partial charge in [0.15, 0.2) is 0 Å². The highest BCUT2D eigenvalue weighted by Gasteiger charge is 2.19. The van der Waals surface area contributed by atoms with Crippen LogP contribution in [0.2, 0.25) is 5.02 Å². The monoisotopic (exact) mass is 362 g/mol. The zero-order valence-corrected chi connectivity index (χ0v) is 14.2. The quantitative estimate of drug-likeness (QED) is 0.880. The summed E-state index contributed by atoms with van der Waals surface area (Å²) in [6.07, 6.45) is -0.0613. The fraction of sp³-hybridized carbons (Fsp3) is 0.462. The average molecular weight is 364 g/mol. The Morgan fingerprint density at radius 3 is 2.74 bits per heavy atom. The summed E-state index contributed by atoms with van der Waals surface area (Å²) in [6.45, 7) is 6.67. The fourth-order valence-electron chi connectivity index (χ4n) is 2.00. The number of aromatic nitrogens is 2. The van der Waals surface area contributed by atoms with E-state index in [2.05, 4.69) is 21.0 Å². The van der Waals surface area contributed by atoms with Gasteiger partial charge in [-0.25, -0.2) is 0 Å². The lowest BCUT2D eigenvalue weighted by molar-refractivity contribution is 0.179. The Labute approximate surface area is 130 Å². The Morgan fingerprint density at radius 1 is 1.53 bits per heavy atom. The number of nitrogens with zero attached hydrogens (tertiary/aromatic N) is 2. The van der Waals surface area contributed by atoms with Crippen molar-refractivity contribution in [2.75, 3.05) is 0 Å². The molecule has 0 aliphatic heterocycles. The van der Waals surface area contributed by atoms with Gasteiger partial charge in [0.2, 0.25) is 0 Å². The molecular formula is C13H16BrClN2OS. The largest absolute Gasteiger partial charge is 0.387 e. The Kier molecular flexibility index (Phi) is 4.71. The van der Waals surface area contributed by atoms with E-state index in [9.17, 15) is 5.11 Å². The van der Waals surface area contributed by atoms with Crippen molar-refractivity contribution in [3.8, 4) is 0 Å². The van der Waals surface area contributed by atoms with Crippen LogP contribution in [0, 0.1) is 13.8 Å². The maximum absolute atomic E-state index is 10.4. The topological polar surface area (TPSA) is 38.0 Å². The predicted molar refractivity (Wildman–Crippen MR) is 83.1 cm³/mol. The van der Waals surface area contributed by atoms with Crippen LogP contribution in [0.25, 0.3) is 0 Å². The van der Waals surface area contributed by atoms with Gasteiger partial charge in [-0.2, -0.15) is 5.10 Å². The van der Waals surface area contributed by atoms with Gasteiger partial charge in [-0.1, -0.05) is 11.6 Å². The van der Waals surface area contributed by atoms with Gasteiger partial charge >= 0.3 is 0 Å². The van der Waals surface area contributed by atoms with Crippen LogP contribution in [-0.4, -0.2) is 14.9 Å². The first kappa shape index (κ1) is 15.0. The van der Waals surface area contributed by atoms with E-state index < -0.39 is 6.10 Å². The summed E-state index contributed by atoms with van der Waals surface area (Å²) in [7, 11) is 0. The first-order valence-corrected chi connectivity index (χ1v) is 8.08. The van der Waals surface area contributed by atoms with Crippen molar-refractivity contribution in [2.24, 2.45) is 0 Å². The number of aryl methyl sites for hydroxylation is 3. The molecule has 0 saturated heterocycles. The summed E-state index contributed by atoms with van der Waals surface area (Å²) < 4.78 is 2.92. The van der Waals surface area contributed by atoms with Gasteiger partial charge < -0.3 is 5.11 Å². The smallest absolute Gasteiger partial charge is 0.0938 e. The second kappa shape index (κ2) is 5.95. The number of hydrogen-bond donors (Lipinski definition) is 1. The molecular weight excluding hydrogens is 348 g/mol. The van der Waals surface area contributed by atoms with Crippen molar-refractivity contribution in [2.45, 2.75) is 39.8 Å². The molecule has 104 valence electrons. The van der Waals surface area contributed by atoms with Crippen molar-refractivity contribution in [3.05, 3.63) is 36.7 Å². The molecule has 1 unspecified atom stereocenters. The van der Waals surface area contributed by atoms with Gasteiger partial charge in [-0.15, -0.1) is 11.3 Å². The van der Waals surface area contributed by atoms with Crippen molar-refractivity contribution >= 4 is 38.9 Å². The highest BCUT2D eigenvalue weighted by Crippen LogP contribution is 2.34. The molecule has 2 heterocycles. The zero-order chi connectivity index (χ0) is 14.2. The third-order valence-corrected chi connectivity index (χ3v) is 5.77. The number of thiophene rings is 1. The Balaban J connectivity index is 2.25. The molecule has 0 spiro atoms. The summed E-state index contributed by atoms with van der Waals surface area (Å²) in [6, 6.07) is 2.01. The highest BCUT2D eigenvalue weighted by molar-refractivity contribution is 9.11. The van der Waals surface area contributed by atoms with Gasteiger partial charge in [0.25, 0.3) is 0 Å². The Morgan fingerprint density at radius 2 is 2.21 bits per heavy atom. The molecule has 0 aliphatic carbocycles. The molecule has 0 amide bonds. The van der Waals surface area contributed by atoms with Crippen molar-refractivity contribution in [1.82, 2.24) is 9.78 Å². The maximum Gasteiger partial charge on any atom is 0.0938 e. The third-order valence-electron chi connectivity index (χ3n) is 3.04. The number of halogens is 2. The van der Waals surface area contributed by atoms with Crippen LogP contribution in [0.15, 0.2) is 9.85 Å². The van der Waals surface area contributed by atoms with Gasteiger partial charge in [0, 0.05) is 17.8 Å². The van der Waals surface area contributed by atoms with Crippen molar-refractivity contribution in [3.63, 3.8) is 0 Å². The van der Waals surface area contributed by atoms with E-state index in [4.69, 9.17) is 11.6 Å². The molecule has 0 aliphatic rings. The highest BCUT2D eigenvalue weighted by atomic mass is 79.9. The van der Waals surface area contributed by atoms with Crippen LogP contribution >= 0.6 is 38.9 Å². The van der Waals surface area contributed by atoms with Gasteiger partial charge in [0.05, 0.1) is 26.3 Å². The van der Waals surface area contributed by atoms with E-state index in [0.29, 0.717) is 11.4 Å². The molecule has 19 heavy (non-hydrogen) atoms. The lowest BCUT2D eigenvalue weighted by Crippen LogP contribution is -2.08. The predicted octanol–water partition coefficient (Wildman–Crippen LogP) is 4.27. The maximum atomic E-state index is 10.4. The fourth-order valence-corrected chi connectivity index (χ4v) is 3.77. The standard InChI is InChI=1S/C13H16BrClN2OS/c1-4-17-9(12(15)8(3)16-17)6-10(18)11-5-7(2)13(14)19-11/h5,10,18H,4,6H2,1-3H3. The van der Waals surface area contributed by atoms with Gasteiger partial charge in [0.1, 0.15) is 0 Å². The molecule has 0 aromatic carbocycles. The van der Waals surface area contributed by atoms with Crippen LogP contribution < -0.4 is 0 Å². The number of hydrogen-bond acceptors (Lipinski definition) is 3. The Hall–Kier alpha value is -0.360. The summed E-state index contributed by atoms with van der Waals surface area (Å²) in [5.41, 5.74) is 2.86. The third kappa shape index (κ3) is 3.05. The van der Waals surface area contributed by atoms with Gasteiger partial charge in [-0.3, -0.25) is 4.68 Å². The van der Waals surface area contributed by atoms with Crippen molar-refractivity contribution in [1.29, 1.82) is 0 Å². The van der Waals surface area contributed by atoms with E-state index in [1.54, 1.807) is 11.3 Å². The van der Waals surface area contributed by atoms with Crippen LogP contribution in [0.5, 0.6) is 0 Å². The average Bonchev–Trinajstić information content (AvgIpc) is 2.84. The second-order valence-electron chi connectivity index (χ2n) is 4.49. The first-order chi connectivity index (χ1) is 8.93. The minimum Gasteiger partial charge on any atom is -0.387 e. The molecule has 0 fully saturated rings. The first-order valence-electron chi connectivity index (χ1n) is 6.09. The van der Waals surface area contributed by atoms with E-state index in [1.807, 2.05) is 31.5 Å². The van der Waals surface area contributed by atoms with Crippen LogP contribution in [-0.2, 0) is 13.0 Å². The SMILES string of the molecule is CCn1nc(C)c(Cl)c1CC(O)c1cc(C)c(Br)s1. The van der Waals surface area contributed by atoms with Crippen molar-refractivity contribution < 1.29 is 5.11 Å². The van der Waals surface area contributed by atoms with Gasteiger partial charge in [-0.05, 0) is 48.3 Å². The zero-order valence-electron chi connectivity index (χ0n) is 11.1. The van der Waals surface area contributed by atoms with Crippen LogP contribution in [0.4, 0.5) is 0 Å². The second-order valence-corrected chi connectivity index (χ2v) is 7.27. The van der Waals surface area contributed by atoms with E-state index >= 15 is 0 Å². The lowest BCUT2D eigenvalue weighted by atomic mass is 10.1. The molecule has 2 aromatic heterocycles. The van der Waals surface area contributed by atoms with E-state index in [1.165, 1.54) is 0 Å². The summed E-state index contributed by atoms with van der Waals surface area (Å²) in [5, 5.41) is 15.4. The molecule has 2 aromatic rings. The normalized spacial score (nSPS) is 12.9. The number of rotatable bonds is 4. The number of aliphatic hydroxyl groups excluding tert-OH is 1. The summed E-state index contributed by atoms with van der Waals surface area (Å²) >= 11 is 11.3. The summed E-state index contributed by atoms with van der Waals surface area (Å²) in [4.78, 5) is 0.946. The molecule has 1 atom stereocenters. The number of aliphatic hydroxyl groups is 1. The molecule has 2 rings (SSSR count).